The van der Waals surface area contributed by atoms with Crippen molar-refractivity contribution in [1.82, 2.24) is 14.8 Å². The first-order valence-corrected chi connectivity index (χ1v) is 6.80. The number of anilines is 1. The van der Waals surface area contributed by atoms with Gasteiger partial charge >= 0.3 is 5.97 Å². The molecule has 22 heavy (non-hydrogen) atoms. The smallest absolute Gasteiger partial charge is 0.306 e. The fraction of sp³-hybridized carbons (Fsp3) is 0.333. The zero-order valence-corrected chi connectivity index (χ0v) is 12.8. The van der Waals surface area contributed by atoms with E-state index in [9.17, 15) is 9.59 Å². The van der Waals surface area contributed by atoms with E-state index in [1.165, 1.54) is 12.0 Å². The summed E-state index contributed by atoms with van der Waals surface area (Å²) in [5.41, 5.74) is 1.61. The Morgan fingerprint density at radius 2 is 2.14 bits per heavy atom. The molecule has 0 saturated carbocycles. The molecule has 0 aliphatic rings. The Balaban J connectivity index is 2.13. The molecular formula is C15H18N4O3. The summed E-state index contributed by atoms with van der Waals surface area (Å²) in [5, 5.41) is 4.39. The minimum atomic E-state index is -0.400. The highest BCUT2D eigenvalue weighted by Crippen LogP contribution is 2.22. The molecule has 0 radical (unpaired) electrons. The van der Waals surface area contributed by atoms with E-state index in [1.807, 2.05) is 18.2 Å². The quantitative estimate of drug-likeness (QED) is 0.780. The molecule has 0 N–H and O–H groups in total. The predicted molar refractivity (Wildman–Crippen MR) is 81.1 cm³/mol. The second-order valence-electron chi connectivity index (χ2n) is 4.78. The van der Waals surface area contributed by atoms with Gasteiger partial charge in [-0.05, 0) is 12.1 Å². The monoisotopic (exact) mass is 302 g/mol. The lowest BCUT2D eigenvalue weighted by Crippen LogP contribution is -2.28. The van der Waals surface area contributed by atoms with Crippen molar-refractivity contribution in [2.75, 3.05) is 19.1 Å². The predicted octanol–water partition coefficient (Wildman–Crippen LogP) is 1.40. The highest BCUT2D eigenvalue weighted by atomic mass is 16.5. The SMILES string of the molecule is COC(=O)CCC(=O)N(C)c1cc(-c2cccnc2)nn1C. The molecule has 2 aromatic rings. The van der Waals surface area contributed by atoms with Crippen molar-refractivity contribution in [3.63, 3.8) is 0 Å². The van der Waals surface area contributed by atoms with Crippen molar-refractivity contribution in [3.05, 3.63) is 30.6 Å². The maximum Gasteiger partial charge on any atom is 0.306 e. The number of carbonyl (C=O) groups excluding carboxylic acids is 2. The van der Waals surface area contributed by atoms with Gasteiger partial charge in [0.15, 0.2) is 0 Å². The van der Waals surface area contributed by atoms with E-state index in [1.54, 1.807) is 31.2 Å². The van der Waals surface area contributed by atoms with Crippen LogP contribution in [0.4, 0.5) is 5.82 Å². The van der Waals surface area contributed by atoms with Gasteiger partial charge in [-0.1, -0.05) is 0 Å². The van der Waals surface area contributed by atoms with Crippen LogP contribution in [0, 0.1) is 0 Å². The zero-order valence-electron chi connectivity index (χ0n) is 12.8. The summed E-state index contributed by atoms with van der Waals surface area (Å²) < 4.78 is 6.16. The van der Waals surface area contributed by atoms with Gasteiger partial charge in [-0.15, -0.1) is 0 Å². The van der Waals surface area contributed by atoms with Crippen molar-refractivity contribution in [2.24, 2.45) is 7.05 Å². The van der Waals surface area contributed by atoms with Gasteiger partial charge < -0.3 is 9.64 Å². The van der Waals surface area contributed by atoms with E-state index in [4.69, 9.17) is 0 Å². The van der Waals surface area contributed by atoms with Gasteiger partial charge in [0.2, 0.25) is 5.91 Å². The number of hydrogen-bond donors (Lipinski definition) is 0. The minimum absolute atomic E-state index is 0.0625. The Labute approximate surface area is 128 Å². The molecule has 2 rings (SSSR count). The average Bonchev–Trinajstić information content (AvgIpc) is 2.94. The summed E-state index contributed by atoms with van der Waals surface area (Å²) in [5.74, 6) is 0.0719. The summed E-state index contributed by atoms with van der Waals surface area (Å²) in [7, 11) is 4.72. The Morgan fingerprint density at radius 3 is 2.77 bits per heavy atom. The molecule has 0 fully saturated rings. The first kappa shape index (κ1) is 15.7. The number of nitrogens with zero attached hydrogens (tertiary/aromatic N) is 4. The Hall–Kier alpha value is -2.70. The van der Waals surface area contributed by atoms with Crippen LogP contribution in [0.15, 0.2) is 30.6 Å². The van der Waals surface area contributed by atoms with Crippen LogP contribution in [0.5, 0.6) is 0 Å². The number of esters is 1. The number of ether oxygens (including phenoxy) is 1. The standard InChI is InChI=1S/C15H18N4O3/c1-18(14(20)6-7-15(21)22-3)13-9-12(17-19(13)2)11-5-4-8-16-10-11/h4-5,8-10H,6-7H2,1-3H3. The van der Waals surface area contributed by atoms with Crippen LogP contribution in [0.1, 0.15) is 12.8 Å². The third kappa shape index (κ3) is 3.49. The van der Waals surface area contributed by atoms with E-state index < -0.39 is 5.97 Å². The number of aromatic nitrogens is 3. The van der Waals surface area contributed by atoms with Crippen molar-refractivity contribution < 1.29 is 14.3 Å². The summed E-state index contributed by atoms with van der Waals surface area (Å²) >= 11 is 0. The Morgan fingerprint density at radius 1 is 1.36 bits per heavy atom. The summed E-state index contributed by atoms with van der Waals surface area (Å²) in [6, 6.07) is 5.54. The first-order valence-electron chi connectivity index (χ1n) is 6.80. The second-order valence-corrected chi connectivity index (χ2v) is 4.78. The van der Waals surface area contributed by atoms with E-state index in [2.05, 4.69) is 14.8 Å². The lowest BCUT2D eigenvalue weighted by Gasteiger charge is -2.16. The van der Waals surface area contributed by atoms with Crippen LogP contribution in [0.3, 0.4) is 0 Å². The van der Waals surface area contributed by atoms with E-state index >= 15 is 0 Å². The van der Waals surface area contributed by atoms with Gasteiger partial charge in [0.05, 0.1) is 19.2 Å². The van der Waals surface area contributed by atoms with Gasteiger partial charge in [0, 0.05) is 44.5 Å². The van der Waals surface area contributed by atoms with Crippen molar-refractivity contribution >= 4 is 17.7 Å². The van der Waals surface area contributed by atoms with Crippen molar-refractivity contribution in [1.29, 1.82) is 0 Å². The van der Waals surface area contributed by atoms with Crippen LogP contribution >= 0.6 is 0 Å². The lowest BCUT2D eigenvalue weighted by molar-refractivity contribution is -0.141. The maximum absolute atomic E-state index is 12.1. The molecule has 0 aliphatic heterocycles. The Bertz CT molecular complexity index is 667. The highest BCUT2D eigenvalue weighted by molar-refractivity contribution is 5.94. The second kappa shape index (κ2) is 6.84. The lowest BCUT2D eigenvalue weighted by atomic mass is 10.2. The number of methoxy groups -OCH3 is 1. The number of carbonyl (C=O) groups is 2. The molecule has 116 valence electrons. The number of amides is 1. The molecule has 7 heteroatoms. The molecule has 0 spiro atoms. The molecule has 2 aromatic heterocycles. The average molecular weight is 302 g/mol. The van der Waals surface area contributed by atoms with Gasteiger partial charge in [0.1, 0.15) is 5.82 Å². The van der Waals surface area contributed by atoms with Gasteiger partial charge in [-0.25, -0.2) is 0 Å². The normalized spacial score (nSPS) is 10.3. The van der Waals surface area contributed by atoms with Gasteiger partial charge in [-0.2, -0.15) is 5.10 Å². The molecule has 0 bridgehead atoms. The number of hydrogen-bond acceptors (Lipinski definition) is 5. The summed E-state index contributed by atoms with van der Waals surface area (Å²) in [4.78, 5) is 28.8. The van der Waals surface area contributed by atoms with Gasteiger partial charge in [-0.3, -0.25) is 19.3 Å². The Kier molecular flexibility index (Phi) is 4.88. The van der Waals surface area contributed by atoms with Crippen LogP contribution in [0.2, 0.25) is 0 Å². The fourth-order valence-corrected chi connectivity index (χ4v) is 2.03. The molecule has 2 heterocycles. The van der Waals surface area contributed by atoms with E-state index in [0.29, 0.717) is 5.82 Å². The highest BCUT2D eigenvalue weighted by Gasteiger charge is 2.17. The molecule has 0 aromatic carbocycles. The third-order valence-corrected chi connectivity index (χ3v) is 3.30. The van der Waals surface area contributed by atoms with Crippen LogP contribution < -0.4 is 4.90 Å². The maximum atomic E-state index is 12.1. The number of pyridine rings is 1. The minimum Gasteiger partial charge on any atom is -0.469 e. The molecule has 0 atom stereocenters. The first-order chi connectivity index (χ1) is 10.5. The van der Waals surface area contributed by atoms with Gasteiger partial charge in [0.25, 0.3) is 0 Å². The van der Waals surface area contributed by atoms with E-state index in [0.717, 1.165) is 11.3 Å². The summed E-state index contributed by atoms with van der Waals surface area (Å²) in [6.45, 7) is 0. The molecule has 0 aliphatic carbocycles. The van der Waals surface area contributed by atoms with Crippen LogP contribution in [0.25, 0.3) is 11.3 Å². The third-order valence-electron chi connectivity index (χ3n) is 3.30. The van der Waals surface area contributed by atoms with Crippen LogP contribution in [-0.4, -0.2) is 40.8 Å². The zero-order chi connectivity index (χ0) is 16.1. The van der Waals surface area contributed by atoms with E-state index in [-0.39, 0.29) is 18.7 Å². The van der Waals surface area contributed by atoms with Crippen LogP contribution in [-0.2, 0) is 21.4 Å². The summed E-state index contributed by atoms with van der Waals surface area (Å²) in [6.07, 6.45) is 3.56. The number of aryl methyl sites for hydroxylation is 1. The molecule has 7 nitrogen and oxygen atoms in total. The topological polar surface area (TPSA) is 77.3 Å². The molecule has 1 amide bonds. The molecule has 0 unspecified atom stereocenters. The molecule has 0 saturated heterocycles. The molecular weight excluding hydrogens is 284 g/mol. The largest absolute Gasteiger partial charge is 0.469 e. The van der Waals surface area contributed by atoms with Crippen molar-refractivity contribution in [2.45, 2.75) is 12.8 Å². The fourth-order valence-electron chi connectivity index (χ4n) is 2.03. The number of rotatable bonds is 5. The van der Waals surface area contributed by atoms with Crippen molar-refractivity contribution in [3.8, 4) is 11.3 Å².